The average Bonchev–Trinajstić information content (AvgIpc) is 2.83. The zero-order chi connectivity index (χ0) is 13.9. The number of benzene rings is 1. The summed E-state index contributed by atoms with van der Waals surface area (Å²) in [7, 11) is 2.13. The number of piperidine rings is 1. The highest BCUT2D eigenvalue weighted by Crippen LogP contribution is 2.24. The summed E-state index contributed by atoms with van der Waals surface area (Å²) in [5, 5.41) is 3.52. The Morgan fingerprint density at radius 2 is 2.25 bits per heavy atom. The van der Waals surface area contributed by atoms with Gasteiger partial charge in [-0.3, -0.25) is 0 Å². The van der Waals surface area contributed by atoms with Crippen LogP contribution in [0.4, 0.5) is 5.95 Å². The van der Waals surface area contributed by atoms with Gasteiger partial charge in [-0.25, -0.2) is 4.98 Å². The molecule has 0 amide bonds. The van der Waals surface area contributed by atoms with Crippen molar-refractivity contribution >= 4 is 17.0 Å². The molecule has 4 nitrogen and oxygen atoms in total. The third-order valence-electron chi connectivity index (χ3n) is 4.20. The van der Waals surface area contributed by atoms with Crippen molar-refractivity contribution in [2.45, 2.75) is 32.2 Å². The van der Waals surface area contributed by atoms with Gasteiger partial charge in [0, 0.05) is 26.2 Å². The standard InChI is InChI=1S/C16H24N4/c1-3-11-20(13-7-6-10-17-12-13)16-18-14-8-4-5-9-15(14)19(16)2/h4-5,8-9,13,17H,3,6-7,10-12H2,1-2H3. The highest BCUT2D eigenvalue weighted by molar-refractivity contribution is 5.78. The van der Waals surface area contributed by atoms with E-state index in [1.165, 1.54) is 18.4 Å². The molecular formula is C16H24N4. The summed E-state index contributed by atoms with van der Waals surface area (Å²) in [6.45, 7) is 5.54. The first-order chi connectivity index (χ1) is 9.81. The SMILES string of the molecule is CCCN(c1nc2ccccc2n1C)C1CCCNC1. The smallest absolute Gasteiger partial charge is 0.206 e. The second-order valence-corrected chi connectivity index (χ2v) is 5.65. The van der Waals surface area contributed by atoms with E-state index < -0.39 is 0 Å². The van der Waals surface area contributed by atoms with Gasteiger partial charge < -0.3 is 14.8 Å². The number of nitrogens with one attached hydrogen (secondary N) is 1. The molecule has 0 radical (unpaired) electrons. The van der Waals surface area contributed by atoms with Gasteiger partial charge in [-0.15, -0.1) is 0 Å². The molecule has 0 aliphatic carbocycles. The second kappa shape index (κ2) is 5.83. The topological polar surface area (TPSA) is 33.1 Å². The Kier molecular flexibility index (Phi) is 3.92. The lowest BCUT2D eigenvalue weighted by atomic mass is 10.1. The molecule has 1 saturated heterocycles. The van der Waals surface area contributed by atoms with E-state index >= 15 is 0 Å². The van der Waals surface area contributed by atoms with E-state index in [1.807, 2.05) is 0 Å². The number of hydrogen-bond acceptors (Lipinski definition) is 3. The molecule has 1 aromatic heterocycles. The zero-order valence-corrected chi connectivity index (χ0v) is 12.5. The summed E-state index contributed by atoms with van der Waals surface area (Å²) < 4.78 is 2.24. The number of imidazole rings is 1. The summed E-state index contributed by atoms with van der Waals surface area (Å²) in [4.78, 5) is 7.36. The summed E-state index contributed by atoms with van der Waals surface area (Å²) in [6, 6.07) is 8.96. The quantitative estimate of drug-likeness (QED) is 0.928. The summed E-state index contributed by atoms with van der Waals surface area (Å²) >= 11 is 0. The molecule has 0 spiro atoms. The van der Waals surface area contributed by atoms with Crippen molar-refractivity contribution in [2.75, 3.05) is 24.5 Å². The largest absolute Gasteiger partial charge is 0.338 e. The fourth-order valence-corrected chi connectivity index (χ4v) is 3.18. The Hall–Kier alpha value is -1.55. The van der Waals surface area contributed by atoms with Crippen molar-refractivity contribution in [3.63, 3.8) is 0 Å². The first-order valence-corrected chi connectivity index (χ1v) is 7.70. The molecule has 1 unspecified atom stereocenters. The van der Waals surface area contributed by atoms with E-state index in [-0.39, 0.29) is 0 Å². The molecular weight excluding hydrogens is 248 g/mol. The van der Waals surface area contributed by atoms with Crippen LogP contribution in [-0.2, 0) is 7.05 Å². The normalized spacial score (nSPS) is 19.4. The van der Waals surface area contributed by atoms with Crippen LogP contribution in [0, 0.1) is 0 Å². The lowest BCUT2D eigenvalue weighted by Gasteiger charge is -2.35. The van der Waals surface area contributed by atoms with Crippen molar-refractivity contribution in [2.24, 2.45) is 7.05 Å². The highest BCUT2D eigenvalue weighted by atomic mass is 15.3. The van der Waals surface area contributed by atoms with E-state index in [0.29, 0.717) is 6.04 Å². The predicted molar refractivity (Wildman–Crippen MR) is 84.2 cm³/mol. The van der Waals surface area contributed by atoms with Gasteiger partial charge in [-0.1, -0.05) is 19.1 Å². The second-order valence-electron chi connectivity index (χ2n) is 5.65. The number of rotatable bonds is 4. The molecule has 1 atom stereocenters. The molecule has 3 rings (SSSR count). The number of aryl methyl sites for hydroxylation is 1. The zero-order valence-electron chi connectivity index (χ0n) is 12.5. The van der Waals surface area contributed by atoms with Crippen molar-refractivity contribution in [1.29, 1.82) is 0 Å². The molecule has 1 N–H and O–H groups in total. The Morgan fingerprint density at radius 3 is 2.95 bits per heavy atom. The lowest BCUT2D eigenvalue weighted by Crippen LogP contribution is -2.47. The Balaban J connectivity index is 1.97. The van der Waals surface area contributed by atoms with Crippen LogP contribution in [0.3, 0.4) is 0 Å². The van der Waals surface area contributed by atoms with Crippen LogP contribution in [0.5, 0.6) is 0 Å². The van der Waals surface area contributed by atoms with Gasteiger partial charge in [0.25, 0.3) is 0 Å². The Labute approximate surface area is 120 Å². The van der Waals surface area contributed by atoms with Crippen molar-refractivity contribution in [3.8, 4) is 0 Å². The average molecular weight is 272 g/mol. The molecule has 1 aromatic carbocycles. The van der Waals surface area contributed by atoms with E-state index in [0.717, 1.165) is 37.5 Å². The first kappa shape index (κ1) is 13.4. The maximum Gasteiger partial charge on any atom is 0.206 e. The van der Waals surface area contributed by atoms with Crippen LogP contribution < -0.4 is 10.2 Å². The Bertz CT molecular complexity index is 569. The minimum Gasteiger partial charge on any atom is -0.338 e. The molecule has 1 aliphatic rings. The van der Waals surface area contributed by atoms with E-state index in [1.54, 1.807) is 0 Å². The predicted octanol–water partition coefficient (Wildman–Crippen LogP) is 2.54. The minimum absolute atomic E-state index is 0.569. The lowest BCUT2D eigenvalue weighted by molar-refractivity contribution is 0.425. The highest BCUT2D eigenvalue weighted by Gasteiger charge is 2.24. The van der Waals surface area contributed by atoms with E-state index in [9.17, 15) is 0 Å². The summed E-state index contributed by atoms with van der Waals surface area (Å²) in [6.07, 6.45) is 3.67. The number of anilines is 1. The van der Waals surface area contributed by atoms with Crippen LogP contribution in [0.2, 0.25) is 0 Å². The molecule has 2 heterocycles. The van der Waals surface area contributed by atoms with Gasteiger partial charge in [0.05, 0.1) is 11.0 Å². The summed E-state index contributed by atoms with van der Waals surface area (Å²) in [5.74, 6) is 1.11. The van der Waals surface area contributed by atoms with Crippen LogP contribution >= 0.6 is 0 Å². The van der Waals surface area contributed by atoms with Crippen molar-refractivity contribution in [1.82, 2.24) is 14.9 Å². The maximum atomic E-state index is 4.87. The number of para-hydroxylation sites is 2. The minimum atomic E-state index is 0.569. The van der Waals surface area contributed by atoms with Gasteiger partial charge in [0.15, 0.2) is 0 Å². The number of hydrogen-bond donors (Lipinski definition) is 1. The molecule has 0 saturated carbocycles. The molecule has 4 heteroatoms. The summed E-state index contributed by atoms with van der Waals surface area (Å²) in [5.41, 5.74) is 2.31. The van der Waals surface area contributed by atoms with Gasteiger partial charge in [0.1, 0.15) is 0 Å². The molecule has 20 heavy (non-hydrogen) atoms. The van der Waals surface area contributed by atoms with Crippen LogP contribution in [0.1, 0.15) is 26.2 Å². The van der Waals surface area contributed by atoms with Crippen molar-refractivity contribution < 1.29 is 0 Å². The molecule has 2 aromatic rings. The van der Waals surface area contributed by atoms with E-state index in [4.69, 9.17) is 4.98 Å². The number of nitrogens with zero attached hydrogens (tertiary/aromatic N) is 3. The number of aromatic nitrogens is 2. The Morgan fingerprint density at radius 1 is 1.40 bits per heavy atom. The van der Waals surface area contributed by atoms with Gasteiger partial charge in [-0.2, -0.15) is 0 Å². The van der Waals surface area contributed by atoms with Gasteiger partial charge >= 0.3 is 0 Å². The van der Waals surface area contributed by atoms with Gasteiger partial charge in [0.2, 0.25) is 5.95 Å². The van der Waals surface area contributed by atoms with Crippen molar-refractivity contribution in [3.05, 3.63) is 24.3 Å². The molecule has 1 fully saturated rings. The van der Waals surface area contributed by atoms with E-state index in [2.05, 4.69) is 53.0 Å². The third-order valence-corrected chi connectivity index (χ3v) is 4.20. The fraction of sp³-hybridized carbons (Fsp3) is 0.562. The molecule has 0 bridgehead atoms. The van der Waals surface area contributed by atoms with Crippen LogP contribution in [0.25, 0.3) is 11.0 Å². The van der Waals surface area contributed by atoms with Crippen LogP contribution in [-0.4, -0.2) is 35.2 Å². The van der Waals surface area contributed by atoms with Gasteiger partial charge in [-0.05, 0) is 37.9 Å². The maximum absolute atomic E-state index is 4.87. The molecule has 1 aliphatic heterocycles. The van der Waals surface area contributed by atoms with Crippen LogP contribution in [0.15, 0.2) is 24.3 Å². The monoisotopic (exact) mass is 272 g/mol. The fourth-order valence-electron chi connectivity index (χ4n) is 3.18. The first-order valence-electron chi connectivity index (χ1n) is 7.70. The number of fused-ring (bicyclic) bond motifs is 1. The third kappa shape index (κ3) is 2.40. The molecule has 108 valence electrons.